The van der Waals surface area contributed by atoms with Gasteiger partial charge in [0, 0.05) is 18.0 Å². The first kappa shape index (κ1) is 14.7. The third kappa shape index (κ3) is 2.73. The van der Waals surface area contributed by atoms with Crippen LogP contribution in [0.15, 0.2) is 28.8 Å². The average molecular weight is 303 g/mol. The Bertz CT molecular complexity index is 666. The molecule has 1 fully saturated rings. The van der Waals surface area contributed by atoms with Gasteiger partial charge >= 0.3 is 0 Å². The maximum Gasteiger partial charge on any atom is 0.249 e. The van der Waals surface area contributed by atoms with Crippen LogP contribution in [0, 0.1) is 11.7 Å². The third-order valence-electron chi connectivity index (χ3n) is 3.86. The fourth-order valence-electron chi connectivity index (χ4n) is 2.71. The van der Waals surface area contributed by atoms with Crippen molar-refractivity contribution < 1.29 is 13.7 Å². The summed E-state index contributed by atoms with van der Waals surface area (Å²) in [6.07, 6.45) is 1.75. The molecule has 1 aromatic heterocycles. The molecule has 0 bridgehead atoms. The molecule has 22 heavy (non-hydrogen) atoms. The Labute approximate surface area is 128 Å². The molecule has 116 valence electrons. The van der Waals surface area contributed by atoms with Gasteiger partial charge in [0.05, 0.1) is 0 Å². The van der Waals surface area contributed by atoms with Crippen LogP contribution in [-0.2, 0) is 4.79 Å². The molecular formula is C16H18FN3O2. The zero-order valence-electron chi connectivity index (χ0n) is 12.6. The van der Waals surface area contributed by atoms with Gasteiger partial charge in [-0.1, -0.05) is 19.0 Å². The number of carbonyl (C=O) groups excluding carboxylic acids is 1. The second kappa shape index (κ2) is 5.87. The van der Waals surface area contributed by atoms with Crippen molar-refractivity contribution in [2.45, 2.75) is 32.7 Å². The fourth-order valence-corrected chi connectivity index (χ4v) is 2.71. The summed E-state index contributed by atoms with van der Waals surface area (Å²) < 4.78 is 18.3. The maximum absolute atomic E-state index is 13.0. The van der Waals surface area contributed by atoms with Crippen LogP contribution in [0.1, 0.15) is 38.6 Å². The Morgan fingerprint density at radius 2 is 2.09 bits per heavy atom. The monoisotopic (exact) mass is 303 g/mol. The number of aromatic nitrogens is 2. The lowest BCUT2D eigenvalue weighted by Crippen LogP contribution is -2.33. The van der Waals surface area contributed by atoms with Gasteiger partial charge in [0.15, 0.2) is 0 Å². The molecule has 0 radical (unpaired) electrons. The standard InChI is InChI=1S/C16H18FN3O2/c1-10(2)16(21)20-9-3-4-13(20)15-18-14(19-22-15)11-5-7-12(17)8-6-11/h5-8,10,13H,3-4,9H2,1-2H3/t13-/m1/s1. The van der Waals surface area contributed by atoms with Crippen LogP contribution in [0.5, 0.6) is 0 Å². The Kier molecular flexibility index (Phi) is 3.92. The van der Waals surface area contributed by atoms with Crippen LogP contribution < -0.4 is 0 Å². The maximum atomic E-state index is 13.0. The van der Waals surface area contributed by atoms with Gasteiger partial charge < -0.3 is 9.42 Å². The van der Waals surface area contributed by atoms with E-state index in [2.05, 4.69) is 10.1 Å². The highest BCUT2D eigenvalue weighted by Crippen LogP contribution is 2.33. The predicted octanol–water partition coefficient (Wildman–Crippen LogP) is 3.20. The van der Waals surface area contributed by atoms with Gasteiger partial charge in [-0.05, 0) is 37.1 Å². The van der Waals surface area contributed by atoms with Crippen molar-refractivity contribution >= 4 is 5.91 Å². The van der Waals surface area contributed by atoms with Crippen molar-refractivity contribution in [3.8, 4) is 11.4 Å². The van der Waals surface area contributed by atoms with E-state index >= 15 is 0 Å². The number of nitrogens with zero attached hydrogens (tertiary/aromatic N) is 3. The van der Waals surface area contributed by atoms with E-state index in [1.807, 2.05) is 18.7 Å². The zero-order chi connectivity index (χ0) is 15.7. The summed E-state index contributed by atoms with van der Waals surface area (Å²) in [6.45, 7) is 4.49. The Hall–Kier alpha value is -2.24. The minimum Gasteiger partial charge on any atom is -0.337 e. The van der Waals surface area contributed by atoms with Gasteiger partial charge in [-0.15, -0.1) is 0 Å². The summed E-state index contributed by atoms with van der Waals surface area (Å²) >= 11 is 0. The number of halogens is 1. The van der Waals surface area contributed by atoms with E-state index in [-0.39, 0.29) is 23.7 Å². The molecule has 0 unspecified atom stereocenters. The number of amides is 1. The molecule has 2 heterocycles. The largest absolute Gasteiger partial charge is 0.337 e. The molecule has 0 spiro atoms. The molecule has 1 aromatic carbocycles. The molecule has 2 aromatic rings. The summed E-state index contributed by atoms with van der Waals surface area (Å²) in [5.41, 5.74) is 0.691. The van der Waals surface area contributed by atoms with Gasteiger partial charge in [0.25, 0.3) is 0 Å². The molecule has 5 nitrogen and oxygen atoms in total. The van der Waals surface area contributed by atoms with E-state index in [1.165, 1.54) is 12.1 Å². The van der Waals surface area contributed by atoms with Crippen LogP contribution in [0.2, 0.25) is 0 Å². The molecule has 1 saturated heterocycles. The number of likely N-dealkylation sites (tertiary alicyclic amines) is 1. The van der Waals surface area contributed by atoms with Crippen LogP contribution in [0.25, 0.3) is 11.4 Å². The highest BCUT2D eigenvalue weighted by molar-refractivity contribution is 5.78. The van der Waals surface area contributed by atoms with Crippen molar-refractivity contribution in [1.82, 2.24) is 15.0 Å². The summed E-state index contributed by atoms with van der Waals surface area (Å²) in [5.74, 6) is 0.603. The topological polar surface area (TPSA) is 59.2 Å². The third-order valence-corrected chi connectivity index (χ3v) is 3.86. The molecule has 0 saturated carbocycles. The van der Waals surface area contributed by atoms with Gasteiger partial charge in [-0.3, -0.25) is 4.79 Å². The highest BCUT2D eigenvalue weighted by Gasteiger charge is 2.34. The van der Waals surface area contributed by atoms with Crippen molar-refractivity contribution in [2.75, 3.05) is 6.54 Å². The molecule has 0 N–H and O–H groups in total. The Morgan fingerprint density at radius 1 is 1.36 bits per heavy atom. The number of hydrogen-bond donors (Lipinski definition) is 0. The molecule has 0 aliphatic carbocycles. The number of benzene rings is 1. The highest BCUT2D eigenvalue weighted by atomic mass is 19.1. The SMILES string of the molecule is CC(C)C(=O)N1CCC[C@@H]1c1nc(-c2ccc(F)cc2)no1. The summed E-state index contributed by atoms with van der Waals surface area (Å²) in [4.78, 5) is 18.4. The number of carbonyl (C=O) groups is 1. The van der Waals surface area contributed by atoms with Crippen LogP contribution in [0.3, 0.4) is 0 Å². The van der Waals surface area contributed by atoms with Crippen molar-refractivity contribution in [1.29, 1.82) is 0 Å². The van der Waals surface area contributed by atoms with E-state index in [9.17, 15) is 9.18 Å². The van der Waals surface area contributed by atoms with E-state index in [4.69, 9.17) is 4.52 Å². The fraction of sp³-hybridized carbons (Fsp3) is 0.438. The zero-order valence-corrected chi connectivity index (χ0v) is 12.6. The first-order valence-electron chi connectivity index (χ1n) is 7.46. The quantitative estimate of drug-likeness (QED) is 0.873. The Morgan fingerprint density at radius 3 is 2.77 bits per heavy atom. The molecule has 1 atom stereocenters. The lowest BCUT2D eigenvalue weighted by molar-refractivity contribution is -0.135. The lowest BCUT2D eigenvalue weighted by Gasteiger charge is -2.23. The second-order valence-electron chi connectivity index (χ2n) is 5.81. The minimum atomic E-state index is -0.308. The van der Waals surface area contributed by atoms with Crippen LogP contribution >= 0.6 is 0 Å². The van der Waals surface area contributed by atoms with E-state index in [0.29, 0.717) is 17.3 Å². The number of rotatable bonds is 3. The summed E-state index contributed by atoms with van der Waals surface area (Å²) in [7, 11) is 0. The van der Waals surface area contributed by atoms with Gasteiger partial charge in [0.2, 0.25) is 17.6 Å². The summed E-state index contributed by atoms with van der Waals surface area (Å²) in [6, 6.07) is 5.77. The number of hydrogen-bond acceptors (Lipinski definition) is 4. The lowest BCUT2D eigenvalue weighted by atomic mass is 10.1. The van der Waals surface area contributed by atoms with Crippen LogP contribution in [-0.4, -0.2) is 27.5 Å². The second-order valence-corrected chi connectivity index (χ2v) is 5.81. The van der Waals surface area contributed by atoms with Crippen LogP contribution in [0.4, 0.5) is 4.39 Å². The molecule has 1 amide bonds. The van der Waals surface area contributed by atoms with Crippen molar-refractivity contribution in [3.63, 3.8) is 0 Å². The van der Waals surface area contributed by atoms with E-state index in [0.717, 1.165) is 19.4 Å². The summed E-state index contributed by atoms with van der Waals surface area (Å²) in [5, 5.41) is 3.95. The minimum absolute atomic E-state index is 0.0555. The first-order chi connectivity index (χ1) is 10.6. The molecule has 3 rings (SSSR count). The van der Waals surface area contributed by atoms with Gasteiger partial charge in [0.1, 0.15) is 11.9 Å². The normalized spacial score (nSPS) is 18.2. The molecule has 1 aliphatic heterocycles. The van der Waals surface area contributed by atoms with Gasteiger partial charge in [-0.25, -0.2) is 4.39 Å². The molecule has 1 aliphatic rings. The first-order valence-corrected chi connectivity index (χ1v) is 7.46. The Balaban J connectivity index is 1.84. The predicted molar refractivity (Wildman–Crippen MR) is 78.2 cm³/mol. The van der Waals surface area contributed by atoms with Gasteiger partial charge in [-0.2, -0.15) is 4.98 Å². The molecule has 6 heteroatoms. The molecular weight excluding hydrogens is 285 g/mol. The van der Waals surface area contributed by atoms with E-state index < -0.39 is 0 Å². The average Bonchev–Trinajstić information content (AvgIpc) is 3.15. The van der Waals surface area contributed by atoms with Crippen molar-refractivity contribution in [3.05, 3.63) is 36.0 Å². The van der Waals surface area contributed by atoms with Crippen molar-refractivity contribution in [2.24, 2.45) is 5.92 Å². The van der Waals surface area contributed by atoms with E-state index in [1.54, 1.807) is 12.1 Å². The smallest absolute Gasteiger partial charge is 0.249 e.